The van der Waals surface area contributed by atoms with Crippen LogP contribution in [0.3, 0.4) is 0 Å². The first kappa shape index (κ1) is 12.6. The molecule has 13 heavy (non-hydrogen) atoms. The molecule has 0 aliphatic rings. The molecule has 0 N–H and O–H groups in total. The number of hydrogen-bond donors (Lipinski definition) is 0. The maximum atomic E-state index is 4.14. The van der Waals surface area contributed by atoms with Crippen LogP contribution in [0.2, 0.25) is 12.6 Å². The second-order valence-electron chi connectivity index (χ2n) is 3.89. The van der Waals surface area contributed by atoms with Gasteiger partial charge in [0.2, 0.25) is 0 Å². The van der Waals surface area contributed by atoms with Crippen molar-refractivity contribution in [1.29, 1.82) is 0 Å². The third kappa shape index (κ3) is 3.45. The van der Waals surface area contributed by atoms with E-state index in [1.165, 1.54) is 18.3 Å². The van der Waals surface area contributed by atoms with Gasteiger partial charge in [-0.1, -0.05) is 40.0 Å². The number of rotatable bonds is 6. The van der Waals surface area contributed by atoms with E-state index in [4.69, 9.17) is 0 Å². The predicted molar refractivity (Wildman–Crippen MR) is 63.1 cm³/mol. The van der Waals surface area contributed by atoms with Gasteiger partial charge in [0, 0.05) is 6.04 Å². The Morgan fingerprint density at radius 3 is 1.92 bits per heavy atom. The summed E-state index contributed by atoms with van der Waals surface area (Å²) >= 11 is 0. The highest BCUT2D eigenvalue weighted by Gasteiger charge is 2.21. The van der Waals surface area contributed by atoms with Crippen LogP contribution < -0.4 is 0 Å². The Hall–Kier alpha value is -0.395. The lowest BCUT2D eigenvalue weighted by Gasteiger charge is -2.36. The summed E-state index contributed by atoms with van der Waals surface area (Å²) in [6.45, 7) is 16.0. The van der Waals surface area contributed by atoms with E-state index in [9.17, 15) is 0 Å². The summed E-state index contributed by atoms with van der Waals surface area (Å²) in [5.41, 5.74) is 1.28. The maximum absolute atomic E-state index is 4.14. The SMILES string of the molecule is C=C(CC)N(B(CC)CC)C(C)C. The molecule has 0 aromatic carbocycles. The van der Waals surface area contributed by atoms with E-state index in [1.807, 2.05) is 0 Å². The molecule has 0 unspecified atom stereocenters. The van der Waals surface area contributed by atoms with Gasteiger partial charge in [-0.05, 0) is 26.0 Å². The monoisotopic (exact) mass is 181 g/mol. The summed E-state index contributed by atoms with van der Waals surface area (Å²) in [5, 5.41) is 0. The predicted octanol–water partition coefficient (Wildman–Crippen LogP) is 3.65. The molecule has 0 aromatic heterocycles. The van der Waals surface area contributed by atoms with Crippen molar-refractivity contribution in [3.63, 3.8) is 0 Å². The zero-order valence-electron chi connectivity index (χ0n) is 9.93. The maximum Gasteiger partial charge on any atom is 0.253 e. The molecule has 0 saturated heterocycles. The first-order valence-electron chi connectivity index (χ1n) is 5.54. The molecular weight excluding hydrogens is 157 g/mol. The smallest absolute Gasteiger partial charge is 0.253 e. The molecule has 0 aromatic rings. The number of hydrogen-bond acceptors (Lipinski definition) is 1. The Kier molecular flexibility index (Phi) is 5.93. The van der Waals surface area contributed by atoms with E-state index in [0.29, 0.717) is 12.9 Å². The fourth-order valence-electron chi connectivity index (χ4n) is 1.91. The largest absolute Gasteiger partial charge is 0.416 e. The summed E-state index contributed by atoms with van der Waals surface area (Å²) < 4.78 is 0. The fourth-order valence-corrected chi connectivity index (χ4v) is 1.91. The zero-order valence-corrected chi connectivity index (χ0v) is 9.93. The fraction of sp³-hybridized carbons (Fsp3) is 0.818. The van der Waals surface area contributed by atoms with Crippen LogP contribution in [0.4, 0.5) is 0 Å². The van der Waals surface area contributed by atoms with Gasteiger partial charge in [-0.25, -0.2) is 0 Å². The highest BCUT2D eigenvalue weighted by molar-refractivity contribution is 6.56. The van der Waals surface area contributed by atoms with Crippen LogP contribution in [0.15, 0.2) is 12.3 Å². The summed E-state index contributed by atoms with van der Waals surface area (Å²) in [7, 11) is 0. The first-order chi connectivity index (χ1) is 6.08. The molecule has 0 atom stereocenters. The minimum Gasteiger partial charge on any atom is -0.416 e. The average Bonchev–Trinajstić information content (AvgIpc) is 2.12. The Bertz CT molecular complexity index is 150. The van der Waals surface area contributed by atoms with E-state index in [1.54, 1.807) is 0 Å². The van der Waals surface area contributed by atoms with E-state index >= 15 is 0 Å². The third-order valence-electron chi connectivity index (χ3n) is 2.67. The van der Waals surface area contributed by atoms with Crippen LogP contribution in [0.1, 0.15) is 41.0 Å². The van der Waals surface area contributed by atoms with E-state index in [2.05, 4.69) is 46.0 Å². The Morgan fingerprint density at radius 1 is 1.23 bits per heavy atom. The van der Waals surface area contributed by atoms with Gasteiger partial charge in [-0.3, -0.25) is 0 Å². The van der Waals surface area contributed by atoms with Crippen LogP contribution in [0.25, 0.3) is 0 Å². The van der Waals surface area contributed by atoms with Gasteiger partial charge in [0.05, 0.1) is 0 Å². The van der Waals surface area contributed by atoms with Crippen LogP contribution in [0.5, 0.6) is 0 Å². The molecule has 1 nitrogen and oxygen atoms in total. The minimum absolute atomic E-state index is 0.581. The molecule has 0 spiro atoms. The Labute approximate surface area is 84.3 Å². The van der Waals surface area contributed by atoms with Gasteiger partial charge in [-0.2, -0.15) is 0 Å². The topological polar surface area (TPSA) is 3.24 Å². The molecule has 0 bridgehead atoms. The van der Waals surface area contributed by atoms with Gasteiger partial charge in [0.25, 0.3) is 6.85 Å². The second-order valence-corrected chi connectivity index (χ2v) is 3.89. The van der Waals surface area contributed by atoms with Crippen molar-refractivity contribution >= 4 is 6.85 Å². The average molecular weight is 181 g/mol. The zero-order chi connectivity index (χ0) is 10.4. The number of allylic oxidation sites excluding steroid dienone is 1. The van der Waals surface area contributed by atoms with E-state index < -0.39 is 0 Å². The lowest BCUT2D eigenvalue weighted by Crippen LogP contribution is -2.41. The van der Waals surface area contributed by atoms with Crippen molar-refractivity contribution in [3.05, 3.63) is 12.3 Å². The van der Waals surface area contributed by atoms with Crippen LogP contribution in [-0.4, -0.2) is 17.7 Å². The summed E-state index contributed by atoms with van der Waals surface area (Å²) in [6.07, 6.45) is 3.50. The van der Waals surface area contributed by atoms with Crippen molar-refractivity contribution < 1.29 is 0 Å². The van der Waals surface area contributed by atoms with E-state index in [-0.39, 0.29) is 0 Å². The standard InChI is InChI=1S/C11H24BN/c1-7-11(6)13(10(4)5)12(8-2)9-3/h10H,6-9H2,1-5H3. The minimum atomic E-state index is 0.581. The molecular formula is C11H24BN. The molecule has 0 amide bonds. The summed E-state index contributed by atoms with van der Waals surface area (Å²) in [6, 6.07) is 0.581. The molecule has 0 aliphatic heterocycles. The first-order valence-corrected chi connectivity index (χ1v) is 5.54. The van der Waals surface area contributed by atoms with Crippen molar-refractivity contribution in [3.8, 4) is 0 Å². The van der Waals surface area contributed by atoms with Crippen LogP contribution in [0, 0.1) is 0 Å². The van der Waals surface area contributed by atoms with Gasteiger partial charge in [0.15, 0.2) is 0 Å². The molecule has 0 rings (SSSR count). The van der Waals surface area contributed by atoms with Gasteiger partial charge in [-0.15, -0.1) is 0 Å². The molecule has 0 heterocycles. The van der Waals surface area contributed by atoms with Crippen molar-refractivity contribution in [1.82, 2.24) is 4.81 Å². The Morgan fingerprint density at radius 2 is 1.69 bits per heavy atom. The number of nitrogens with zero attached hydrogens (tertiary/aromatic N) is 1. The van der Waals surface area contributed by atoms with Gasteiger partial charge in [0.1, 0.15) is 0 Å². The van der Waals surface area contributed by atoms with Crippen molar-refractivity contribution in [2.75, 3.05) is 0 Å². The van der Waals surface area contributed by atoms with Gasteiger partial charge < -0.3 is 4.81 Å². The van der Waals surface area contributed by atoms with Crippen molar-refractivity contribution in [2.45, 2.75) is 59.7 Å². The molecule has 0 aliphatic carbocycles. The quantitative estimate of drug-likeness (QED) is 0.565. The summed E-state index contributed by atoms with van der Waals surface area (Å²) in [5.74, 6) is 0. The molecule has 2 heteroatoms. The summed E-state index contributed by atoms with van der Waals surface area (Å²) in [4.78, 5) is 2.47. The molecule has 76 valence electrons. The molecule has 0 radical (unpaired) electrons. The molecule has 0 fully saturated rings. The van der Waals surface area contributed by atoms with Crippen molar-refractivity contribution in [2.24, 2.45) is 0 Å². The lowest BCUT2D eigenvalue weighted by molar-refractivity contribution is 0.425. The normalized spacial score (nSPS) is 10.3. The van der Waals surface area contributed by atoms with Gasteiger partial charge >= 0.3 is 0 Å². The lowest BCUT2D eigenvalue weighted by atomic mass is 9.54. The Balaban J connectivity index is 4.47. The van der Waals surface area contributed by atoms with Crippen LogP contribution in [-0.2, 0) is 0 Å². The van der Waals surface area contributed by atoms with E-state index in [0.717, 1.165) is 6.42 Å². The third-order valence-corrected chi connectivity index (χ3v) is 2.67. The highest BCUT2D eigenvalue weighted by atomic mass is 15.1. The highest BCUT2D eigenvalue weighted by Crippen LogP contribution is 2.17. The molecule has 0 saturated carbocycles. The second kappa shape index (κ2) is 6.12. The van der Waals surface area contributed by atoms with Crippen LogP contribution >= 0.6 is 0 Å².